The molecule has 0 fully saturated rings. The molecule has 1 aliphatic heterocycles. The third kappa shape index (κ3) is 4.36. The molecule has 0 spiro atoms. The Bertz CT molecular complexity index is 1090. The van der Waals surface area contributed by atoms with E-state index in [0.717, 1.165) is 0 Å². The molecule has 0 amide bonds. The normalized spacial score (nSPS) is 21.0. The van der Waals surface area contributed by atoms with E-state index in [4.69, 9.17) is 18.6 Å². The summed E-state index contributed by atoms with van der Waals surface area (Å²) in [5.41, 5.74) is -0.526. The van der Waals surface area contributed by atoms with Crippen LogP contribution in [0, 0.1) is 5.92 Å². The first-order chi connectivity index (χ1) is 14.6. The second-order valence-corrected chi connectivity index (χ2v) is 8.32. The summed E-state index contributed by atoms with van der Waals surface area (Å²) >= 11 is 0. The van der Waals surface area contributed by atoms with Crippen molar-refractivity contribution in [2.45, 2.75) is 65.8 Å². The van der Waals surface area contributed by atoms with Gasteiger partial charge in [0.05, 0.1) is 11.5 Å². The van der Waals surface area contributed by atoms with Gasteiger partial charge in [-0.05, 0) is 52.3 Å². The Morgan fingerprint density at radius 2 is 1.87 bits per heavy atom. The fourth-order valence-corrected chi connectivity index (χ4v) is 3.41. The minimum atomic E-state index is -1.01. The van der Waals surface area contributed by atoms with Crippen molar-refractivity contribution < 1.29 is 28.2 Å². The van der Waals surface area contributed by atoms with Crippen LogP contribution in [0.3, 0.4) is 0 Å². The van der Waals surface area contributed by atoms with Gasteiger partial charge in [0.2, 0.25) is 0 Å². The van der Waals surface area contributed by atoms with Gasteiger partial charge in [0.15, 0.2) is 12.2 Å². The number of carbonyl (C=O) groups excluding carboxylic acids is 2. The molecule has 7 nitrogen and oxygen atoms in total. The van der Waals surface area contributed by atoms with Crippen molar-refractivity contribution in [3.05, 3.63) is 51.9 Å². The Morgan fingerprint density at radius 3 is 2.52 bits per heavy atom. The number of allylic oxidation sites excluding steroid dienone is 1. The largest absolute Gasteiger partial charge is 0.483 e. The first-order valence-electron chi connectivity index (χ1n) is 10.4. The highest BCUT2D eigenvalue weighted by Gasteiger charge is 2.50. The average Bonchev–Trinajstić information content (AvgIpc) is 2.73. The number of rotatable bonds is 5. The minimum Gasteiger partial charge on any atom is -0.483 e. The highest BCUT2D eigenvalue weighted by molar-refractivity contribution is 5.88. The number of fused-ring (bicyclic) bond motifs is 3. The van der Waals surface area contributed by atoms with E-state index in [2.05, 4.69) is 0 Å². The van der Waals surface area contributed by atoms with E-state index in [1.54, 1.807) is 58.9 Å². The van der Waals surface area contributed by atoms with E-state index in [0.29, 0.717) is 28.7 Å². The summed E-state index contributed by atoms with van der Waals surface area (Å²) in [7, 11) is 0. The summed E-state index contributed by atoms with van der Waals surface area (Å²) in [5.74, 6) is -0.928. The molecule has 0 saturated carbocycles. The van der Waals surface area contributed by atoms with Crippen LogP contribution in [0.25, 0.3) is 11.0 Å². The summed E-state index contributed by atoms with van der Waals surface area (Å²) < 4.78 is 23.3. The van der Waals surface area contributed by atoms with Crippen molar-refractivity contribution in [3.63, 3.8) is 0 Å². The van der Waals surface area contributed by atoms with Crippen molar-refractivity contribution in [1.82, 2.24) is 0 Å². The van der Waals surface area contributed by atoms with Gasteiger partial charge >= 0.3 is 17.6 Å². The van der Waals surface area contributed by atoms with Crippen LogP contribution >= 0.6 is 0 Å². The number of benzene rings is 1. The van der Waals surface area contributed by atoms with Crippen LogP contribution in [0.15, 0.2) is 45.1 Å². The standard InChI is InChI=1S/C24H28O7/c1-7-13(3)22(26)29-20-18-16(11-9-15-10-12-17(25)28-19(15)18)31-24(5,6)21(20)30-23(27)14(4)8-2/h8-13,20-21H,7H2,1-6H3/b14-8+/t13-,20-,21+/m1/s1. The van der Waals surface area contributed by atoms with Gasteiger partial charge in [0.25, 0.3) is 0 Å². The Hall–Kier alpha value is -3.09. The Balaban J connectivity index is 2.21. The Morgan fingerprint density at radius 1 is 1.19 bits per heavy atom. The quantitative estimate of drug-likeness (QED) is 0.394. The van der Waals surface area contributed by atoms with Crippen LogP contribution in [0.2, 0.25) is 0 Å². The molecule has 3 atom stereocenters. The summed E-state index contributed by atoms with van der Waals surface area (Å²) in [6.07, 6.45) is 0.252. The average molecular weight is 428 g/mol. The van der Waals surface area contributed by atoms with Gasteiger partial charge in [0, 0.05) is 17.0 Å². The maximum absolute atomic E-state index is 12.8. The lowest BCUT2D eigenvalue weighted by Crippen LogP contribution is -2.52. The lowest BCUT2D eigenvalue weighted by Gasteiger charge is -2.43. The van der Waals surface area contributed by atoms with Crippen LogP contribution in [0.5, 0.6) is 5.75 Å². The molecule has 3 rings (SSSR count). The lowest BCUT2D eigenvalue weighted by molar-refractivity contribution is -0.189. The molecule has 0 aliphatic carbocycles. The van der Waals surface area contributed by atoms with Crippen LogP contribution in [0.4, 0.5) is 0 Å². The zero-order valence-corrected chi connectivity index (χ0v) is 18.7. The second kappa shape index (κ2) is 8.57. The fourth-order valence-electron chi connectivity index (χ4n) is 3.41. The van der Waals surface area contributed by atoms with E-state index in [-0.39, 0.29) is 11.5 Å². The van der Waals surface area contributed by atoms with Crippen molar-refractivity contribution in [1.29, 1.82) is 0 Å². The summed E-state index contributed by atoms with van der Waals surface area (Å²) in [4.78, 5) is 37.4. The molecule has 0 unspecified atom stereocenters. The maximum Gasteiger partial charge on any atom is 0.336 e. The third-order valence-electron chi connectivity index (χ3n) is 5.65. The molecule has 1 aromatic heterocycles. The number of ether oxygens (including phenoxy) is 3. The molecule has 0 bridgehead atoms. The number of carbonyl (C=O) groups is 2. The monoisotopic (exact) mass is 428 g/mol. The van der Waals surface area contributed by atoms with Crippen LogP contribution < -0.4 is 10.4 Å². The van der Waals surface area contributed by atoms with Gasteiger partial charge in [-0.2, -0.15) is 0 Å². The van der Waals surface area contributed by atoms with Crippen molar-refractivity contribution >= 4 is 22.9 Å². The van der Waals surface area contributed by atoms with Gasteiger partial charge in [0.1, 0.15) is 16.9 Å². The van der Waals surface area contributed by atoms with E-state index >= 15 is 0 Å². The van der Waals surface area contributed by atoms with E-state index in [1.165, 1.54) is 6.07 Å². The van der Waals surface area contributed by atoms with Crippen LogP contribution in [-0.2, 0) is 19.1 Å². The van der Waals surface area contributed by atoms with E-state index < -0.39 is 35.4 Å². The zero-order chi connectivity index (χ0) is 22.9. The van der Waals surface area contributed by atoms with Gasteiger partial charge in [-0.3, -0.25) is 4.79 Å². The molecule has 2 aromatic rings. The maximum atomic E-state index is 12.8. The molecule has 7 heteroatoms. The van der Waals surface area contributed by atoms with Gasteiger partial charge in [-0.15, -0.1) is 0 Å². The molecule has 0 N–H and O–H groups in total. The topological polar surface area (TPSA) is 92.0 Å². The van der Waals surface area contributed by atoms with Gasteiger partial charge in [-0.1, -0.05) is 19.9 Å². The smallest absolute Gasteiger partial charge is 0.336 e. The highest BCUT2D eigenvalue weighted by Crippen LogP contribution is 2.46. The molecule has 166 valence electrons. The van der Waals surface area contributed by atoms with Gasteiger partial charge < -0.3 is 18.6 Å². The third-order valence-corrected chi connectivity index (χ3v) is 5.65. The lowest BCUT2D eigenvalue weighted by atomic mass is 9.87. The molecular formula is C24H28O7. The summed E-state index contributed by atoms with van der Waals surface area (Å²) in [5, 5.41) is 0.640. The zero-order valence-electron chi connectivity index (χ0n) is 18.7. The number of hydrogen-bond donors (Lipinski definition) is 0. The fraction of sp³-hybridized carbons (Fsp3) is 0.458. The van der Waals surface area contributed by atoms with Crippen LogP contribution in [0.1, 0.15) is 59.6 Å². The minimum absolute atomic E-state index is 0.242. The number of esters is 2. The molecule has 0 radical (unpaired) electrons. The molecule has 2 heterocycles. The molecular weight excluding hydrogens is 400 g/mol. The SMILES string of the molecule is C/C=C(\C)C(=O)O[C@H]1[C@H](OC(=O)[C@H](C)CC)c2c(ccc3ccc(=O)oc23)OC1(C)C. The molecule has 0 saturated heterocycles. The Kier molecular flexibility index (Phi) is 6.25. The van der Waals surface area contributed by atoms with Crippen molar-refractivity contribution in [2.75, 3.05) is 0 Å². The molecule has 31 heavy (non-hydrogen) atoms. The first kappa shape index (κ1) is 22.6. The van der Waals surface area contributed by atoms with Crippen molar-refractivity contribution in [3.8, 4) is 5.75 Å². The molecule has 1 aromatic carbocycles. The first-order valence-corrected chi connectivity index (χ1v) is 10.4. The predicted molar refractivity (Wildman–Crippen MR) is 115 cm³/mol. The van der Waals surface area contributed by atoms with Gasteiger partial charge in [-0.25, -0.2) is 9.59 Å². The predicted octanol–water partition coefficient (Wildman–Crippen LogP) is 4.47. The van der Waals surface area contributed by atoms with Crippen molar-refractivity contribution in [2.24, 2.45) is 5.92 Å². The van der Waals surface area contributed by atoms with E-state index in [1.807, 2.05) is 6.92 Å². The highest BCUT2D eigenvalue weighted by atomic mass is 16.6. The molecule has 1 aliphatic rings. The van der Waals surface area contributed by atoms with Crippen LogP contribution in [-0.4, -0.2) is 23.6 Å². The van der Waals surface area contributed by atoms with E-state index in [9.17, 15) is 14.4 Å². The Labute approximate surface area is 181 Å². The summed E-state index contributed by atoms with van der Waals surface area (Å²) in [6, 6.07) is 6.44. The second-order valence-electron chi connectivity index (χ2n) is 8.32. The number of hydrogen-bond acceptors (Lipinski definition) is 7. The summed E-state index contributed by atoms with van der Waals surface area (Å²) in [6.45, 7) is 10.5.